The lowest BCUT2D eigenvalue weighted by Crippen LogP contribution is -3.00. The van der Waals surface area contributed by atoms with Crippen molar-refractivity contribution in [2.24, 2.45) is 17.3 Å². The highest BCUT2D eigenvalue weighted by atomic mass is 79.9. The summed E-state index contributed by atoms with van der Waals surface area (Å²) in [5.41, 5.74) is 2.09. The largest absolute Gasteiger partial charge is 1.00 e. The number of azo groups is 1. The third-order valence-electron chi connectivity index (χ3n) is 3.24. The van der Waals surface area contributed by atoms with Crippen LogP contribution in [0.3, 0.4) is 0 Å². The summed E-state index contributed by atoms with van der Waals surface area (Å²) >= 11 is 1.58. The van der Waals surface area contributed by atoms with E-state index in [-0.39, 0.29) is 17.0 Å². The first-order chi connectivity index (χ1) is 9.83. The number of hydrogen-bond donors (Lipinski definition) is 0. The van der Waals surface area contributed by atoms with Gasteiger partial charge < -0.3 is 26.6 Å². The third kappa shape index (κ3) is 4.09. The predicted molar refractivity (Wildman–Crippen MR) is 79.1 cm³/mol. The number of thiazole rings is 1. The summed E-state index contributed by atoms with van der Waals surface area (Å²) < 4.78 is 7.31. The fourth-order valence-electron chi connectivity index (χ4n) is 2.08. The van der Waals surface area contributed by atoms with Crippen LogP contribution < -0.4 is 26.4 Å². The standard InChI is InChI=1S/C14H17N4OS.BrH/c1-17-8-11-20-14(17)16-15-12-2-4-13(5-3-12)18-6-9-19-10-7-18;/h2-5,8,11H,6-7,9-10H2,1H3;1H/q+1;/p-1. The summed E-state index contributed by atoms with van der Waals surface area (Å²) in [5.74, 6) is 0. The topological polar surface area (TPSA) is 41.1 Å². The number of nitrogens with zero attached hydrogens (tertiary/aromatic N) is 4. The molecule has 1 fully saturated rings. The molecule has 1 aliphatic rings. The smallest absolute Gasteiger partial charge is 0.408 e. The minimum atomic E-state index is 0. The fraction of sp³-hybridized carbons (Fsp3) is 0.357. The lowest BCUT2D eigenvalue weighted by molar-refractivity contribution is -0.654. The second-order valence-electron chi connectivity index (χ2n) is 4.61. The molecule has 3 rings (SSSR count). The van der Waals surface area contributed by atoms with Crippen LogP contribution in [0.15, 0.2) is 46.1 Å². The molecule has 1 aromatic carbocycles. The second-order valence-corrected chi connectivity index (χ2v) is 5.49. The Hall–Kier alpha value is -1.31. The third-order valence-corrected chi connectivity index (χ3v) is 4.07. The van der Waals surface area contributed by atoms with Crippen LogP contribution >= 0.6 is 11.3 Å². The van der Waals surface area contributed by atoms with Crippen molar-refractivity contribution in [2.45, 2.75) is 0 Å². The van der Waals surface area contributed by atoms with Gasteiger partial charge in [-0.2, -0.15) is 0 Å². The lowest BCUT2D eigenvalue weighted by Gasteiger charge is -2.28. The Morgan fingerprint density at radius 3 is 2.48 bits per heavy atom. The molecular weight excluding hydrogens is 352 g/mol. The fourth-order valence-corrected chi connectivity index (χ4v) is 2.76. The Labute approximate surface area is 138 Å². The van der Waals surface area contributed by atoms with Crippen LogP contribution in [0, 0.1) is 0 Å². The molecule has 0 unspecified atom stereocenters. The lowest BCUT2D eigenvalue weighted by atomic mass is 10.2. The van der Waals surface area contributed by atoms with Gasteiger partial charge in [-0.15, -0.1) is 0 Å². The van der Waals surface area contributed by atoms with Crippen LogP contribution in [0.5, 0.6) is 0 Å². The average Bonchev–Trinajstić information content (AvgIpc) is 2.92. The van der Waals surface area contributed by atoms with Crippen molar-refractivity contribution < 1.29 is 26.3 Å². The number of morpholine rings is 1. The van der Waals surface area contributed by atoms with Crippen molar-refractivity contribution >= 4 is 27.8 Å². The van der Waals surface area contributed by atoms with Gasteiger partial charge in [0.05, 0.1) is 25.4 Å². The summed E-state index contributed by atoms with van der Waals surface area (Å²) in [4.78, 5) is 2.32. The molecule has 5 nitrogen and oxygen atoms in total. The molecule has 0 radical (unpaired) electrons. The van der Waals surface area contributed by atoms with Gasteiger partial charge in [-0.3, -0.25) is 0 Å². The van der Waals surface area contributed by atoms with Crippen molar-refractivity contribution in [1.29, 1.82) is 0 Å². The first-order valence-electron chi connectivity index (χ1n) is 6.60. The monoisotopic (exact) mass is 368 g/mol. The Balaban J connectivity index is 0.00000161. The van der Waals surface area contributed by atoms with E-state index >= 15 is 0 Å². The summed E-state index contributed by atoms with van der Waals surface area (Å²) in [6.45, 7) is 3.50. The molecule has 0 aliphatic carbocycles. The highest BCUT2D eigenvalue weighted by molar-refractivity contribution is 7.12. The minimum Gasteiger partial charge on any atom is -1.00 e. The SMILES string of the molecule is C[n+]1ccsc1N=Nc1ccc(N2CCOCC2)cc1.[Br-]. The van der Waals surface area contributed by atoms with Crippen molar-refractivity contribution in [3.8, 4) is 0 Å². The molecule has 0 amide bonds. The molecule has 112 valence electrons. The van der Waals surface area contributed by atoms with E-state index in [1.807, 2.05) is 35.3 Å². The minimum absolute atomic E-state index is 0. The molecule has 1 saturated heterocycles. The molecule has 2 aromatic rings. The van der Waals surface area contributed by atoms with Gasteiger partial charge in [0.1, 0.15) is 11.9 Å². The van der Waals surface area contributed by atoms with E-state index in [1.54, 1.807) is 11.3 Å². The summed E-state index contributed by atoms with van der Waals surface area (Å²) in [5, 5.41) is 11.4. The molecular formula is C14H17BrN4OS. The van der Waals surface area contributed by atoms with Crippen molar-refractivity contribution in [3.05, 3.63) is 35.8 Å². The first kappa shape index (κ1) is 16.1. The number of halogens is 1. The van der Waals surface area contributed by atoms with E-state index in [1.165, 1.54) is 5.69 Å². The molecule has 0 bridgehead atoms. The highest BCUT2D eigenvalue weighted by Gasteiger charge is 2.11. The Morgan fingerprint density at radius 1 is 1.14 bits per heavy atom. The van der Waals surface area contributed by atoms with Crippen LogP contribution in [0.2, 0.25) is 0 Å². The van der Waals surface area contributed by atoms with Crippen LogP contribution in [-0.2, 0) is 11.8 Å². The van der Waals surface area contributed by atoms with Gasteiger partial charge in [-0.25, -0.2) is 4.57 Å². The van der Waals surface area contributed by atoms with Gasteiger partial charge in [0.25, 0.3) is 0 Å². The molecule has 1 aromatic heterocycles. The Morgan fingerprint density at radius 2 is 1.86 bits per heavy atom. The van der Waals surface area contributed by atoms with Gasteiger partial charge in [-0.1, -0.05) is 0 Å². The summed E-state index contributed by atoms with van der Waals surface area (Å²) in [6.07, 6.45) is 1.97. The zero-order chi connectivity index (χ0) is 13.8. The van der Waals surface area contributed by atoms with Gasteiger partial charge in [0.2, 0.25) is 0 Å². The maximum atomic E-state index is 5.36. The quantitative estimate of drug-likeness (QED) is 0.557. The van der Waals surface area contributed by atoms with E-state index in [2.05, 4.69) is 27.3 Å². The molecule has 7 heteroatoms. The zero-order valence-electron chi connectivity index (χ0n) is 11.8. The molecule has 2 heterocycles. The van der Waals surface area contributed by atoms with E-state index in [0.717, 1.165) is 37.1 Å². The molecule has 1 aliphatic heterocycles. The van der Waals surface area contributed by atoms with E-state index < -0.39 is 0 Å². The van der Waals surface area contributed by atoms with Gasteiger partial charge >= 0.3 is 5.13 Å². The van der Waals surface area contributed by atoms with Crippen LogP contribution in [-0.4, -0.2) is 26.3 Å². The zero-order valence-corrected chi connectivity index (χ0v) is 14.2. The van der Waals surface area contributed by atoms with Gasteiger partial charge in [0, 0.05) is 24.2 Å². The van der Waals surface area contributed by atoms with Crippen LogP contribution in [0.1, 0.15) is 0 Å². The molecule has 0 N–H and O–H groups in total. The van der Waals surface area contributed by atoms with Gasteiger partial charge in [0.15, 0.2) is 0 Å². The number of rotatable bonds is 3. The van der Waals surface area contributed by atoms with Crippen molar-refractivity contribution in [2.75, 3.05) is 31.2 Å². The van der Waals surface area contributed by atoms with Crippen LogP contribution in [0.4, 0.5) is 16.5 Å². The van der Waals surface area contributed by atoms with Gasteiger partial charge in [-0.05, 0) is 40.7 Å². The molecule has 21 heavy (non-hydrogen) atoms. The Bertz CT molecular complexity index is 593. The maximum absolute atomic E-state index is 5.36. The van der Waals surface area contributed by atoms with Crippen molar-refractivity contribution in [3.63, 3.8) is 0 Å². The van der Waals surface area contributed by atoms with E-state index in [9.17, 15) is 0 Å². The number of aryl methyl sites for hydroxylation is 1. The Kier molecular flexibility index (Phi) is 5.84. The molecule has 0 spiro atoms. The number of aromatic nitrogens is 1. The first-order valence-corrected chi connectivity index (χ1v) is 7.48. The number of ether oxygens (including phenoxy) is 1. The van der Waals surface area contributed by atoms with Crippen molar-refractivity contribution in [1.82, 2.24) is 0 Å². The normalized spacial score (nSPS) is 15.2. The number of hydrogen-bond acceptors (Lipinski definition) is 5. The number of anilines is 1. The molecule has 0 atom stereocenters. The van der Waals surface area contributed by atoms with E-state index in [0.29, 0.717) is 0 Å². The average molecular weight is 369 g/mol. The summed E-state index contributed by atoms with van der Waals surface area (Å²) in [7, 11) is 1.96. The second kappa shape index (κ2) is 7.63. The maximum Gasteiger partial charge on any atom is 0.408 e. The number of benzene rings is 1. The predicted octanol–water partition coefficient (Wildman–Crippen LogP) is -0.171. The highest BCUT2D eigenvalue weighted by Crippen LogP contribution is 2.22. The summed E-state index contributed by atoms with van der Waals surface area (Å²) in [6, 6.07) is 8.19. The molecule has 0 saturated carbocycles. The van der Waals surface area contributed by atoms with E-state index in [4.69, 9.17) is 4.74 Å². The van der Waals surface area contributed by atoms with Crippen LogP contribution in [0.25, 0.3) is 0 Å².